The Bertz CT molecular complexity index is 782. The highest BCUT2D eigenvalue weighted by molar-refractivity contribution is 7.90. The lowest BCUT2D eigenvalue weighted by Gasteiger charge is -2.10. The van der Waals surface area contributed by atoms with E-state index in [0.717, 1.165) is 6.26 Å². The third-order valence-corrected chi connectivity index (χ3v) is 4.11. The van der Waals surface area contributed by atoms with E-state index >= 15 is 0 Å². The summed E-state index contributed by atoms with van der Waals surface area (Å²) in [7, 11) is -3.29. The number of sulfone groups is 1. The molecule has 0 heterocycles. The number of benzene rings is 2. The van der Waals surface area contributed by atoms with Crippen LogP contribution in [0.4, 0.5) is 0 Å². The predicted octanol–water partition coefficient (Wildman–Crippen LogP) is 3.23. The molecule has 0 aliphatic carbocycles. The lowest BCUT2D eigenvalue weighted by Crippen LogP contribution is -2.01. The molecule has 0 fully saturated rings. The molecule has 21 heavy (non-hydrogen) atoms. The molecule has 0 radical (unpaired) electrons. The molecule has 7 heteroatoms. The van der Waals surface area contributed by atoms with E-state index in [1.165, 1.54) is 36.4 Å². The molecule has 0 saturated heterocycles. The lowest BCUT2D eigenvalue weighted by molar-refractivity contribution is 0.0694. The molecule has 2 rings (SSSR count). The molecule has 2 aromatic rings. The van der Waals surface area contributed by atoms with Crippen LogP contribution in [0.15, 0.2) is 47.4 Å². The maximum atomic E-state index is 11.4. The maximum absolute atomic E-state index is 11.4. The van der Waals surface area contributed by atoms with E-state index < -0.39 is 15.8 Å². The fourth-order valence-corrected chi connectivity index (χ4v) is 2.56. The van der Waals surface area contributed by atoms with Gasteiger partial charge in [-0.2, -0.15) is 0 Å². The molecular formula is C14H11ClO5S. The molecule has 0 spiro atoms. The van der Waals surface area contributed by atoms with Crippen LogP contribution in [0.25, 0.3) is 0 Å². The second kappa shape index (κ2) is 5.75. The zero-order chi connectivity index (χ0) is 15.6. The number of ether oxygens (including phenoxy) is 1. The van der Waals surface area contributed by atoms with Crippen molar-refractivity contribution < 1.29 is 23.1 Å². The summed E-state index contributed by atoms with van der Waals surface area (Å²) < 4.78 is 28.2. The first-order chi connectivity index (χ1) is 9.79. The van der Waals surface area contributed by atoms with Crippen molar-refractivity contribution in [3.05, 3.63) is 53.1 Å². The fourth-order valence-electron chi connectivity index (χ4n) is 1.68. The minimum atomic E-state index is -3.29. The molecule has 5 nitrogen and oxygen atoms in total. The molecule has 110 valence electrons. The molecule has 0 aromatic heterocycles. The van der Waals surface area contributed by atoms with Crippen LogP contribution in [-0.4, -0.2) is 25.7 Å². The van der Waals surface area contributed by atoms with Crippen LogP contribution in [-0.2, 0) is 9.84 Å². The van der Waals surface area contributed by atoms with Gasteiger partial charge in [0.15, 0.2) is 9.84 Å². The van der Waals surface area contributed by atoms with Crippen molar-refractivity contribution in [1.82, 2.24) is 0 Å². The van der Waals surface area contributed by atoms with E-state index in [9.17, 15) is 13.2 Å². The smallest absolute Gasteiger partial charge is 0.341 e. The van der Waals surface area contributed by atoms with Crippen LogP contribution in [0.5, 0.6) is 11.5 Å². The average Bonchev–Trinajstić information content (AvgIpc) is 2.38. The van der Waals surface area contributed by atoms with E-state index in [-0.39, 0.29) is 21.2 Å². The van der Waals surface area contributed by atoms with Crippen LogP contribution in [0.2, 0.25) is 5.02 Å². The van der Waals surface area contributed by atoms with Crippen LogP contribution in [0.1, 0.15) is 10.4 Å². The summed E-state index contributed by atoms with van der Waals surface area (Å²) in [6, 6.07) is 10.1. The molecule has 0 aliphatic rings. The van der Waals surface area contributed by atoms with E-state index in [1.54, 1.807) is 6.07 Å². The number of rotatable bonds is 4. The Morgan fingerprint density at radius 3 is 2.29 bits per heavy atom. The van der Waals surface area contributed by atoms with E-state index in [0.29, 0.717) is 5.75 Å². The lowest BCUT2D eigenvalue weighted by atomic mass is 10.2. The molecule has 0 atom stereocenters. The molecule has 0 aliphatic heterocycles. The zero-order valence-electron chi connectivity index (χ0n) is 10.9. The van der Waals surface area contributed by atoms with Crippen LogP contribution >= 0.6 is 11.6 Å². The highest BCUT2D eigenvalue weighted by Gasteiger charge is 2.16. The first-order valence-electron chi connectivity index (χ1n) is 5.79. The van der Waals surface area contributed by atoms with Gasteiger partial charge in [-0.3, -0.25) is 0 Å². The van der Waals surface area contributed by atoms with E-state index in [4.69, 9.17) is 21.4 Å². The average molecular weight is 327 g/mol. The van der Waals surface area contributed by atoms with Gasteiger partial charge in [0, 0.05) is 6.26 Å². The topological polar surface area (TPSA) is 80.7 Å². The standard InChI is InChI=1S/C14H11ClO5S/c1-21(18,19)10-7-5-9(6-8-10)20-12-4-2-3-11(15)13(12)14(16)17/h2-8H,1H3,(H,16,17). The number of carboxylic acid groups (broad SMARTS) is 1. The van der Waals surface area contributed by atoms with Crippen LogP contribution < -0.4 is 4.74 Å². The number of carbonyl (C=O) groups is 1. The highest BCUT2D eigenvalue weighted by atomic mass is 35.5. The number of aromatic carboxylic acids is 1. The Morgan fingerprint density at radius 1 is 1.14 bits per heavy atom. The normalized spacial score (nSPS) is 11.1. The Kier molecular flexibility index (Phi) is 4.20. The molecule has 0 unspecified atom stereocenters. The van der Waals surface area contributed by atoms with Gasteiger partial charge in [-0.1, -0.05) is 17.7 Å². The number of halogens is 1. The maximum Gasteiger partial charge on any atom is 0.341 e. The van der Waals surface area contributed by atoms with Crippen molar-refractivity contribution in [1.29, 1.82) is 0 Å². The first kappa shape index (κ1) is 15.3. The third kappa shape index (κ3) is 3.53. The molecule has 0 saturated carbocycles. The van der Waals surface area contributed by atoms with Gasteiger partial charge in [-0.25, -0.2) is 13.2 Å². The summed E-state index contributed by atoms with van der Waals surface area (Å²) in [6.45, 7) is 0. The van der Waals surface area contributed by atoms with Gasteiger partial charge in [0.2, 0.25) is 0 Å². The Balaban J connectivity index is 2.35. The van der Waals surface area contributed by atoms with Gasteiger partial charge >= 0.3 is 5.97 Å². The zero-order valence-corrected chi connectivity index (χ0v) is 12.5. The first-order valence-corrected chi connectivity index (χ1v) is 8.06. The summed E-state index contributed by atoms with van der Waals surface area (Å²) in [6.07, 6.45) is 1.10. The van der Waals surface area contributed by atoms with Crippen molar-refractivity contribution in [2.24, 2.45) is 0 Å². The Morgan fingerprint density at radius 2 is 1.76 bits per heavy atom. The van der Waals surface area contributed by atoms with Crippen molar-refractivity contribution >= 4 is 27.4 Å². The molecule has 2 aromatic carbocycles. The van der Waals surface area contributed by atoms with Gasteiger partial charge in [-0.15, -0.1) is 0 Å². The quantitative estimate of drug-likeness (QED) is 0.932. The monoisotopic (exact) mass is 326 g/mol. The van der Waals surface area contributed by atoms with Gasteiger partial charge in [0.1, 0.15) is 17.1 Å². The molecule has 1 N–H and O–H groups in total. The van der Waals surface area contributed by atoms with Crippen molar-refractivity contribution in [2.45, 2.75) is 4.90 Å². The van der Waals surface area contributed by atoms with Crippen molar-refractivity contribution in [2.75, 3.05) is 6.26 Å². The van der Waals surface area contributed by atoms with Crippen molar-refractivity contribution in [3.63, 3.8) is 0 Å². The Hall–Kier alpha value is -2.05. The second-order valence-corrected chi connectivity index (χ2v) is 6.69. The number of carboxylic acids is 1. The number of hydrogen-bond donors (Lipinski definition) is 1. The largest absolute Gasteiger partial charge is 0.478 e. The van der Waals surface area contributed by atoms with E-state index in [2.05, 4.69) is 0 Å². The second-order valence-electron chi connectivity index (χ2n) is 4.26. The van der Waals surface area contributed by atoms with Gasteiger partial charge in [-0.05, 0) is 36.4 Å². The number of hydrogen-bond acceptors (Lipinski definition) is 4. The fraction of sp³-hybridized carbons (Fsp3) is 0.0714. The van der Waals surface area contributed by atoms with Gasteiger partial charge in [0.25, 0.3) is 0 Å². The summed E-state index contributed by atoms with van der Waals surface area (Å²) in [4.78, 5) is 11.3. The molecule has 0 bridgehead atoms. The minimum absolute atomic E-state index is 0.0627. The highest BCUT2D eigenvalue weighted by Crippen LogP contribution is 2.30. The summed E-state index contributed by atoms with van der Waals surface area (Å²) in [5.74, 6) is -0.808. The molecule has 0 amide bonds. The Labute approximate surface area is 126 Å². The minimum Gasteiger partial charge on any atom is -0.478 e. The van der Waals surface area contributed by atoms with Gasteiger partial charge in [0.05, 0.1) is 9.92 Å². The van der Waals surface area contributed by atoms with Crippen LogP contribution in [0.3, 0.4) is 0 Å². The SMILES string of the molecule is CS(=O)(=O)c1ccc(Oc2cccc(Cl)c2C(=O)O)cc1. The third-order valence-electron chi connectivity index (χ3n) is 2.67. The summed E-state index contributed by atoms with van der Waals surface area (Å²) in [5.41, 5.74) is -0.147. The summed E-state index contributed by atoms with van der Waals surface area (Å²) in [5, 5.41) is 9.19. The van der Waals surface area contributed by atoms with E-state index in [1.807, 2.05) is 0 Å². The predicted molar refractivity (Wildman–Crippen MR) is 78.0 cm³/mol. The molecular weight excluding hydrogens is 316 g/mol. The van der Waals surface area contributed by atoms with Crippen LogP contribution in [0, 0.1) is 0 Å². The van der Waals surface area contributed by atoms with Crippen molar-refractivity contribution in [3.8, 4) is 11.5 Å². The van der Waals surface area contributed by atoms with Gasteiger partial charge < -0.3 is 9.84 Å². The summed E-state index contributed by atoms with van der Waals surface area (Å²) >= 11 is 5.84.